The molecule has 3 aromatic rings. The third-order valence-electron chi connectivity index (χ3n) is 7.59. The fourth-order valence-corrected chi connectivity index (χ4v) is 5.59. The van der Waals surface area contributed by atoms with E-state index in [-0.39, 0.29) is 31.1 Å². The van der Waals surface area contributed by atoms with Crippen molar-refractivity contribution in [3.05, 3.63) is 75.6 Å². The molecular weight excluding hydrogens is 576 g/mol. The van der Waals surface area contributed by atoms with Crippen molar-refractivity contribution < 1.29 is 19.1 Å². The summed E-state index contributed by atoms with van der Waals surface area (Å²) in [5.41, 5.74) is 5.23. The zero-order valence-electron chi connectivity index (χ0n) is 23.0. The number of aromatic nitrogens is 2. The van der Waals surface area contributed by atoms with E-state index in [9.17, 15) is 14.4 Å². The molecule has 2 N–H and O–H groups in total. The Morgan fingerprint density at radius 2 is 1.85 bits per heavy atom. The average Bonchev–Trinajstić information content (AvgIpc) is 3.69. The van der Waals surface area contributed by atoms with Crippen molar-refractivity contribution in [1.82, 2.24) is 30.0 Å². The SMILES string of the molecule is COC(=O)N[C@H](C(=O)N1CN(C(=O)N2Cc3cccc(C)c3C2)CC1c1ncc(-c2ccc(Br)cc2)[nH]1)C(C)C. The molecule has 11 heteroatoms. The van der Waals surface area contributed by atoms with Gasteiger partial charge in [0, 0.05) is 17.6 Å². The van der Waals surface area contributed by atoms with E-state index in [1.54, 1.807) is 16.0 Å². The van der Waals surface area contributed by atoms with E-state index in [1.807, 2.05) is 49.1 Å². The lowest BCUT2D eigenvalue weighted by Crippen LogP contribution is -2.52. The molecule has 0 spiro atoms. The lowest BCUT2D eigenvalue weighted by Gasteiger charge is -2.29. The maximum Gasteiger partial charge on any atom is 0.407 e. The number of ether oxygens (including phenoxy) is 1. The summed E-state index contributed by atoms with van der Waals surface area (Å²) in [6.07, 6.45) is 1.05. The predicted molar refractivity (Wildman–Crippen MR) is 153 cm³/mol. The van der Waals surface area contributed by atoms with E-state index >= 15 is 0 Å². The maximum absolute atomic E-state index is 13.9. The minimum absolute atomic E-state index is 0.0779. The number of amides is 4. The molecular formula is C29H33BrN6O4. The Labute approximate surface area is 241 Å². The first kappa shape index (κ1) is 27.7. The van der Waals surface area contributed by atoms with Crippen LogP contribution in [0.1, 0.15) is 42.4 Å². The van der Waals surface area contributed by atoms with Crippen molar-refractivity contribution in [2.45, 2.75) is 45.9 Å². The first-order chi connectivity index (χ1) is 19.2. The van der Waals surface area contributed by atoms with Crippen LogP contribution in [0.2, 0.25) is 0 Å². The van der Waals surface area contributed by atoms with Crippen LogP contribution >= 0.6 is 15.9 Å². The number of rotatable bonds is 5. The van der Waals surface area contributed by atoms with Gasteiger partial charge in [0.05, 0.1) is 32.2 Å². The molecule has 2 atom stereocenters. The highest BCUT2D eigenvalue weighted by atomic mass is 79.9. The summed E-state index contributed by atoms with van der Waals surface area (Å²) in [6.45, 7) is 7.17. The number of carbonyl (C=O) groups excluding carboxylic acids is 3. The van der Waals surface area contributed by atoms with Crippen molar-refractivity contribution >= 4 is 34.0 Å². The van der Waals surface area contributed by atoms with Gasteiger partial charge in [-0.15, -0.1) is 0 Å². The number of aryl methyl sites for hydroxylation is 1. The summed E-state index contributed by atoms with van der Waals surface area (Å²) in [6, 6.07) is 12.5. The van der Waals surface area contributed by atoms with Gasteiger partial charge in [-0.05, 0) is 47.2 Å². The summed E-state index contributed by atoms with van der Waals surface area (Å²) in [4.78, 5) is 52.8. The van der Waals surface area contributed by atoms with E-state index in [0.717, 1.165) is 26.9 Å². The first-order valence-corrected chi connectivity index (χ1v) is 14.0. The van der Waals surface area contributed by atoms with Gasteiger partial charge < -0.3 is 29.7 Å². The van der Waals surface area contributed by atoms with Crippen LogP contribution in [0.3, 0.4) is 0 Å². The van der Waals surface area contributed by atoms with E-state index < -0.39 is 18.2 Å². The first-order valence-electron chi connectivity index (χ1n) is 13.2. The Morgan fingerprint density at radius 1 is 1.10 bits per heavy atom. The molecule has 210 valence electrons. The predicted octanol–water partition coefficient (Wildman–Crippen LogP) is 4.81. The Hall–Kier alpha value is -3.86. The number of imidazole rings is 1. The van der Waals surface area contributed by atoms with Gasteiger partial charge in [-0.25, -0.2) is 14.6 Å². The fourth-order valence-electron chi connectivity index (χ4n) is 5.33. The monoisotopic (exact) mass is 608 g/mol. The van der Waals surface area contributed by atoms with Crippen LogP contribution in [0.5, 0.6) is 0 Å². The lowest BCUT2D eigenvalue weighted by atomic mass is 10.0. The van der Waals surface area contributed by atoms with Crippen molar-refractivity contribution in [3.8, 4) is 11.3 Å². The third kappa shape index (κ3) is 5.42. The highest BCUT2D eigenvalue weighted by Gasteiger charge is 2.43. The zero-order chi connectivity index (χ0) is 28.6. The summed E-state index contributed by atoms with van der Waals surface area (Å²) >= 11 is 3.46. The number of methoxy groups -OCH3 is 1. The van der Waals surface area contributed by atoms with E-state index in [4.69, 9.17) is 4.74 Å². The molecule has 4 amide bonds. The number of carbonyl (C=O) groups is 3. The van der Waals surface area contributed by atoms with Gasteiger partial charge in [-0.3, -0.25) is 4.79 Å². The highest BCUT2D eigenvalue weighted by Crippen LogP contribution is 2.33. The minimum Gasteiger partial charge on any atom is -0.453 e. The topological polar surface area (TPSA) is 111 Å². The number of urea groups is 1. The molecule has 0 radical (unpaired) electrons. The van der Waals surface area contributed by atoms with Gasteiger partial charge in [0.25, 0.3) is 0 Å². The quantitative estimate of drug-likeness (QED) is 0.432. The molecule has 0 aliphatic carbocycles. The van der Waals surface area contributed by atoms with E-state index in [2.05, 4.69) is 50.3 Å². The largest absolute Gasteiger partial charge is 0.453 e. The van der Waals surface area contributed by atoms with Crippen molar-refractivity contribution in [2.75, 3.05) is 20.3 Å². The number of nitrogens with one attached hydrogen (secondary N) is 2. The molecule has 2 aliphatic rings. The zero-order valence-corrected chi connectivity index (χ0v) is 24.6. The van der Waals surface area contributed by atoms with Gasteiger partial charge in [-0.2, -0.15) is 0 Å². The van der Waals surface area contributed by atoms with Crippen LogP contribution in [0.25, 0.3) is 11.3 Å². The van der Waals surface area contributed by atoms with Gasteiger partial charge in [0.15, 0.2) is 0 Å². The smallest absolute Gasteiger partial charge is 0.407 e. The summed E-state index contributed by atoms with van der Waals surface area (Å²) < 4.78 is 5.74. The summed E-state index contributed by atoms with van der Waals surface area (Å²) in [7, 11) is 1.26. The van der Waals surface area contributed by atoms with Crippen LogP contribution in [0.4, 0.5) is 9.59 Å². The second-order valence-corrected chi connectivity index (χ2v) is 11.5. The molecule has 3 heterocycles. The van der Waals surface area contributed by atoms with Crippen molar-refractivity contribution in [1.29, 1.82) is 0 Å². The fraction of sp³-hybridized carbons (Fsp3) is 0.379. The number of hydrogen-bond donors (Lipinski definition) is 2. The molecule has 10 nitrogen and oxygen atoms in total. The van der Waals surface area contributed by atoms with E-state index in [1.165, 1.54) is 12.7 Å². The normalized spacial score (nSPS) is 17.2. The molecule has 1 fully saturated rings. The molecule has 2 aromatic carbocycles. The van der Waals surface area contributed by atoms with Crippen LogP contribution in [-0.4, -0.2) is 69.1 Å². The Kier molecular flexibility index (Phi) is 7.84. The maximum atomic E-state index is 13.9. The van der Waals surface area contributed by atoms with Gasteiger partial charge >= 0.3 is 12.1 Å². The number of aromatic amines is 1. The number of alkyl carbamates (subject to hydrolysis) is 1. The Bertz CT molecular complexity index is 1420. The molecule has 1 unspecified atom stereocenters. The molecule has 2 aliphatic heterocycles. The lowest BCUT2D eigenvalue weighted by molar-refractivity contribution is -0.135. The van der Waals surface area contributed by atoms with Crippen LogP contribution in [-0.2, 0) is 22.6 Å². The number of halogens is 1. The molecule has 0 bridgehead atoms. The van der Waals surface area contributed by atoms with E-state index in [0.29, 0.717) is 18.9 Å². The third-order valence-corrected chi connectivity index (χ3v) is 8.12. The van der Waals surface area contributed by atoms with Crippen LogP contribution in [0.15, 0.2) is 53.1 Å². The standard InChI is InChI=1S/C29H33BrN6O4/c1-17(2)25(33-28(38)40-4)27(37)36-16-35(29(39)34-13-20-7-5-6-18(3)22(20)14-34)15-24(36)26-31-12-23(32-26)19-8-10-21(30)11-9-19/h5-12,17,24-25H,13-16H2,1-4H3,(H,31,32)(H,33,38)/t24?,25-/m0/s1. The van der Waals surface area contributed by atoms with Crippen LogP contribution < -0.4 is 5.32 Å². The number of benzene rings is 2. The molecule has 1 saturated heterocycles. The molecule has 1 aromatic heterocycles. The molecule has 40 heavy (non-hydrogen) atoms. The molecule has 0 saturated carbocycles. The Morgan fingerprint density at radius 3 is 2.52 bits per heavy atom. The van der Waals surface area contributed by atoms with Gasteiger partial charge in [0.1, 0.15) is 17.9 Å². The highest BCUT2D eigenvalue weighted by molar-refractivity contribution is 9.10. The minimum atomic E-state index is -0.829. The second-order valence-electron chi connectivity index (χ2n) is 10.6. The number of hydrogen-bond acceptors (Lipinski definition) is 5. The Balaban J connectivity index is 1.43. The van der Waals surface area contributed by atoms with Gasteiger partial charge in [0.2, 0.25) is 5.91 Å². The van der Waals surface area contributed by atoms with Crippen molar-refractivity contribution in [3.63, 3.8) is 0 Å². The van der Waals surface area contributed by atoms with Crippen LogP contribution in [0, 0.1) is 12.8 Å². The average molecular weight is 610 g/mol. The summed E-state index contributed by atoms with van der Waals surface area (Å²) in [5, 5.41) is 2.67. The van der Waals surface area contributed by atoms with Gasteiger partial charge in [-0.1, -0.05) is 60.1 Å². The van der Waals surface area contributed by atoms with Crippen molar-refractivity contribution in [2.24, 2.45) is 5.92 Å². The number of nitrogens with zero attached hydrogens (tertiary/aromatic N) is 4. The second kappa shape index (κ2) is 11.3. The number of fused-ring (bicyclic) bond motifs is 1. The molecule has 5 rings (SSSR count). The summed E-state index contributed by atoms with van der Waals surface area (Å²) in [5.74, 6) is 0.0634. The number of H-pyrrole nitrogens is 1.